The summed E-state index contributed by atoms with van der Waals surface area (Å²) in [5, 5.41) is 6.16. The summed E-state index contributed by atoms with van der Waals surface area (Å²) in [6.45, 7) is -0.328. The van der Waals surface area contributed by atoms with Gasteiger partial charge in [0.15, 0.2) is 0 Å². The number of nitrogens with one attached hydrogen (secondary N) is 1. The van der Waals surface area contributed by atoms with Crippen LogP contribution in [0.15, 0.2) is 23.0 Å². The fourth-order valence-corrected chi connectivity index (χ4v) is 2.42. The summed E-state index contributed by atoms with van der Waals surface area (Å²) in [6, 6.07) is 4.27. The van der Waals surface area contributed by atoms with Gasteiger partial charge in [-0.2, -0.15) is 13.2 Å². The number of carbonyl (C=O) groups excluding carboxylic acids is 1. The largest absolute Gasteiger partial charge is 0.451 e. The van der Waals surface area contributed by atoms with E-state index in [4.69, 9.17) is 23.2 Å². The highest BCUT2D eigenvalue weighted by Crippen LogP contribution is 2.26. The van der Waals surface area contributed by atoms with Gasteiger partial charge in [-0.3, -0.25) is 9.36 Å². The number of rotatable bonds is 4. The lowest BCUT2D eigenvalue weighted by molar-refractivity contribution is -0.147. The topological polar surface area (TPSA) is 68.9 Å². The van der Waals surface area contributed by atoms with E-state index in [1.165, 1.54) is 18.2 Å². The van der Waals surface area contributed by atoms with Crippen molar-refractivity contribution in [1.29, 1.82) is 0 Å². The first-order valence-corrected chi connectivity index (χ1v) is 7.31. The maximum atomic E-state index is 12.7. The van der Waals surface area contributed by atoms with Crippen LogP contribution in [0.25, 0.3) is 0 Å². The third kappa shape index (κ3) is 3.90. The average molecular weight is 383 g/mol. The van der Waals surface area contributed by atoms with Gasteiger partial charge in [-0.1, -0.05) is 23.2 Å². The summed E-state index contributed by atoms with van der Waals surface area (Å²) < 4.78 is 39.0. The van der Waals surface area contributed by atoms with Gasteiger partial charge in [0.05, 0.1) is 17.1 Å². The van der Waals surface area contributed by atoms with Crippen molar-refractivity contribution in [1.82, 2.24) is 19.7 Å². The van der Waals surface area contributed by atoms with Crippen molar-refractivity contribution in [2.45, 2.75) is 12.7 Å². The van der Waals surface area contributed by atoms with Crippen LogP contribution < -0.4 is 11.0 Å². The smallest absolute Gasteiger partial charge is 0.350 e. The van der Waals surface area contributed by atoms with E-state index in [2.05, 4.69) is 10.4 Å². The summed E-state index contributed by atoms with van der Waals surface area (Å²) in [6.07, 6.45) is -4.74. The molecule has 1 aromatic heterocycles. The predicted molar refractivity (Wildman–Crippen MR) is 81.3 cm³/mol. The minimum Gasteiger partial charge on any atom is -0.350 e. The molecular weight excluding hydrogens is 372 g/mol. The maximum absolute atomic E-state index is 12.7. The van der Waals surface area contributed by atoms with Crippen LogP contribution in [0, 0.1) is 0 Å². The van der Waals surface area contributed by atoms with Crippen molar-refractivity contribution >= 4 is 29.1 Å². The molecule has 1 aromatic carbocycles. The lowest BCUT2D eigenvalue weighted by Gasteiger charge is -2.06. The van der Waals surface area contributed by atoms with Crippen molar-refractivity contribution in [3.8, 4) is 0 Å². The van der Waals surface area contributed by atoms with Gasteiger partial charge >= 0.3 is 11.9 Å². The SMILES string of the molecule is Cn1c(C(F)(F)F)nn(CCNC(=O)c2ccc(Cl)cc2Cl)c1=O. The second-order valence-electron chi connectivity index (χ2n) is 4.77. The first-order valence-electron chi connectivity index (χ1n) is 6.55. The van der Waals surface area contributed by atoms with E-state index in [-0.39, 0.29) is 23.7 Å². The highest BCUT2D eigenvalue weighted by atomic mass is 35.5. The van der Waals surface area contributed by atoms with E-state index in [0.717, 1.165) is 7.05 Å². The first kappa shape index (κ1) is 18.3. The highest BCUT2D eigenvalue weighted by molar-refractivity contribution is 6.36. The molecule has 2 rings (SSSR count). The molecule has 0 aliphatic rings. The van der Waals surface area contributed by atoms with Crippen molar-refractivity contribution in [3.63, 3.8) is 0 Å². The molecule has 0 spiro atoms. The van der Waals surface area contributed by atoms with Crippen LogP contribution in [0.1, 0.15) is 16.2 Å². The Morgan fingerprint density at radius 2 is 2.00 bits per heavy atom. The Kier molecular flexibility index (Phi) is 5.24. The molecule has 0 aliphatic heterocycles. The minimum atomic E-state index is -4.74. The van der Waals surface area contributed by atoms with Crippen molar-refractivity contribution in [2.24, 2.45) is 7.05 Å². The van der Waals surface area contributed by atoms with Crippen LogP contribution in [0.4, 0.5) is 13.2 Å². The van der Waals surface area contributed by atoms with Crippen LogP contribution in [-0.2, 0) is 19.8 Å². The van der Waals surface area contributed by atoms with Crippen LogP contribution in [0.5, 0.6) is 0 Å². The summed E-state index contributed by atoms with van der Waals surface area (Å²) >= 11 is 11.6. The number of hydrogen-bond donors (Lipinski definition) is 1. The monoisotopic (exact) mass is 382 g/mol. The summed E-state index contributed by atoms with van der Waals surface area (Å²) in [5.74, 6) is -1.85. The molecule has 0 saturated heterocycles. The normalized spacial score (nSPS) is 11.6. The molecule has 0 bridgehead atoms. The molecule has 0 fully saturated rings. The number of amides is 1. The summed E-state index contributed by atoms with van der Waals surface area (Å²) in [4.78, 5) is 23.6. The molecule has 1 N–H and O–H groups in total. The zero-order valence-corrected chi connectivity index (χ0v) is 13.7. The molecule has 1 amide bonds. The van der Waals surface area contributed by atoms with E-state index in [1.54, 1.807) is 0 Å². The highest BCUT2D eigenvalue weighted by Gasteiger charge is 2.37. The Morgan fingerprint density at radius 3 is 2.54 bits per heavy atom. The molecule has 0 aliphatic carbocycles. The third-order valence-corrected chi connectivity index (χ3v) is 3.63. The molecule has 0 radical (unpaired) electrons. The third-order valence-electron chi connectivity index (χ3n) is 3.08. The minimum absolute atomic E-state index is 0.105. The van der Waals surface area contributed by atoms with Crippen molar-refractivity contribution in [2.75, 3.05) is 6.54 Å². The van der Waals surface area contributed by atoms with Gasteiger partial charge in [-0.05, 0) is 18.2 Å². The second-order valence-corrected chi connectivity index (χ2v) is 5.61. The fourth-order valence-electron chi connectivity index (χ4n) is 1.92. The Labute approximate surface area is 143 Å². The Balaban J connectivity index is 2.05. The number of benzene rings is 1. The van der Waals surface area contributed by atoms with Gasteiger partial charge in [0.25, 0.3) is 5.91 Å². The molecule has 6 nitrogen and oxygen atoms in total. The summed E-state index contributed by atoms with van der Waals surface area (Å²) in [5.41, 5.74) is -0.772. The lowest BCUT2D eigenvalue weighted by Crippen LogP contribution is -2.32. The number of carbonyl (C=O) groups is 1. The predicted octanol–water partition coefficient (Wildman–Crippen LogP) is 2.34. The molecule has 24 heavy (non-hydrogen) atoms. The van der Waals surface area contributed by atoms with Gasteiger partial charge in [-0.25, -0.2) is 9.48 Å². The van der Waals surface area contributed by atoms with Crippen molar-refractivity contribution < 1.29 is 18.0 Å². The van der Waals surface area contributed by atoms with Gasteiger partial charge in [0.2, 0.25) is 5.82 Å². The van der Waals surface area contributed by atoms with Crippen LogP contribution in [-0.4, -0.2) is 26.8 Å². The second kappa shape index (κ2) is 6.86. The zero-order valence-electron chi connectivity index (χ0n) is 12.2. The average Bonchev–Trinajstić information content (AvgIpc) is 2.75. The number of aromatic nitrogens is 3. The fraction of sp³-hybridized carbons (Fsp3) is 0.308. The number of hydrogen-bond acceptors (Lipinski definition) is 3. The molecule has 2 aromatic rings. The molecule has 130 valence electrons. The van der Waals surface area contributed by atoms with Crippen LogP contribution >= 0.6 is 23.2 Å². The molecular formula is C13H11Cl2F3N4O2. The van der Waals surface area contributed by atoms with Gasteiger partial charge in [0.1, 0.15) is 0 Å². The zero-order chi connectivity index (χ0) is 18.1. The molecule has 0 saturated carbocycles. The Bertz CT molecular complexity index is 830. The van der Waals surface area contributed by atoms with E-state index >= 15 is 0 Å². The standard InChI is InChI=1S/C13H11Cl2F3N4O2/c1-21-11(13(16,17)18)20-22(12(21)24)5-4-19-10(23)8-3-2-7(14)6-9(8)15/h2-3,6H,4-5H2,1H3,(H,19,23). The Hall–Kier alpha value is -2.00. The number of alkyl halides is 3. The molecule has 0 unspecified atom stereocenters. The van der Waals surface area contributed by atoms with Crippen molar-refractivity contribution in [3.05, 3.63) is 50.1 Å². The Morgan fingerprint density at radius 1 is 1.33 bits per heavy atom. The quantitative estimate of drug-likeness (QED) is 0.882. The van der Waals surface area contributed by atoms with E-state index in [0.29, 0.717) is 14.3 Å². The summed E-state index contributed by atoms with van der Waals surface area (Å²) in [7, 11) is 0.973. The van der Waals surface area contributed by atoms with E-state index in [9.17, 15) is 22.8 Å². The molecule has 11 heteroatoms. The van der Waals surface area contributed by atoms with Crippen LogP contribution in [0.2, 0.25) is 10.0 Å². The van der Waals surface area contributed by atoms with Gasteiger partial charge < -0.3 is 5.32 Å². The molecule has 1 heterocycles. The van der Waals surface area contributed by atoms with Gasteiger partial charge in [-0.15, -0.1) is 5.10 Å². The molecule has 0 atom stereocenters. The maximum Gasteiger partial charge on any atom is 0.451 e. The van der Waals surface area contributed by atoms with E-state index < -0.39 is 23.6 Å². The number of nitrogens with zero attached hydrogens (tertiary/aromatic N) is 3. The number of halogens is 5. The van der Waals surface area contributed by atoms with Gasteiger partial charge in [0, 0.05) is 18.6 Å². The first-order chi connectivity index (χ1) is 11.1. The lowest BCUT2D eigenvalue weighted by atomic mass is 10.2. The van der Waals surface area contributed by atoms with Crippen LogP contribution in [0.3, 0.4) is 0 Å². The van der Waals surface area contributed by atoms with E-state index in [1.807, 2.05) is 0 Å².